The minimum absolute atomic E-state index is 0.440. The molecular formula is C13H15ClN2O2. The number of amides is 1. The molecule has 0 radical (unpaired) electrons. The molecule has 0 saturated heterocycles. The number of hydrogen-bond acceptors (Lipinski definition) is 3. The summed E-state index contributed by atoms with van der Waals surface area (Å²) in [6.45, 7) is 4.28. The average Bonchev–Trinajstić information content (AvgIpc) is 2.59. The Morgan fingerprint density at radius 2 is 2.11 bits per heavy atom. The van der Waals surface area contributed by atoms with Gasteiger partial charge in [-0.05, 0) is 37.7 Å². The van der Waals surface area contributed by atoms with E-state index in [-0.39, 0.29) is 0 Å². The molecule has 1 heterocycles. The largest absolute Gasteiger partial charge is 0.317 e. The van der Waals surface area contributed by atoms with Crippen molar-refractivity contribution >= 4 is 29.0 Å². The summed E-state index contributed by atoms with van der Waals surface area (Å²) in [4.78, 5) is 25.1. The van der Waals surface area contributed by atoms with Crippen molar-refractivity contribution < 1.29 is 9.59 Å². The molecule has 0 aliphatic carbocycles. The van der Waals surface area contributed by atoms with E-state index in [2.05, 4.69) is 5.32 Å². The third-order valence-electron chi connectivity index (χ3n) is 2.92. The molecule has 1 aliphatic heterocycles. The molecule has 4 nitrogen and oxygen atoms in total. The molecule has 1 amide bonds. The van der Waals surface area contributed by atoms with E-state index in [4.69, 9.17) is 11.6 Å². The lowest BCUT2D eigenvalue weighted by Crippen LogP contribution is -2.32. The van der Waals surface area contributed by atoms with Crippen molar-refractivity contribution in [2.45, 2.75) is 13.3 Å². The first-order valence-corrected chi connectivity index (χ1v) is 6.39. The van der Waals surface area contributed by atoms with Gasteiger partial charge in [0, 0.05) is 11.6 Å². The van der Waals surface area contributed by atoms with E-state index in [0.29, 0.717) is 22.8 Å². The molecule has 0 atom stereocenters. The lowest BCUT2D eigenvalue weighted by Gasteiger charge is -2.16. The van der Waals surface area contributed by atoms with Gasteiger partial charge in [-0.1, -0.05) is 18.5 Å². The van der Waals surface area contributed by atoms with Gasteiger partial charge in [0.05, 0.1) is 11.3 Å². The van der Waals surface area contributed by atoms with Crippen LogP contribution in [0.3, 0.4) is 0 Å². The molecule has 2 rings (SSSR count). The Balaban J connectivity index is 2.14. The molecule has 0 fully saturated rings. The maximum absolute atomic E-state index is 11.9. The molecule has 0 spiro atoms. The number of fused-ring (bicyclic) bond motifs is 1. The lowest BCUT2D eigenvalue weighted by atomic mass is 10.1. The smallest absolute Gasteiger partial charge is 0.299 e. The first kappa shape index (κ1) is 13.1. The van der Waals surface area contributed by atoms with E-state index >= 15 is 0 Å². The lowest BCUT2D eigenvalue weighted by molar-refractivity contribution is -0.114. The summed E-state index contributed by atoms with van der Waals surface area (Å²) in [5, 5.41) is 3.72. The zero-order chi connectivity index (χ0) is 13.1. The van der Waals surface area contributed by atoms with Crippen molar-refractivity contribution in [2.24, 2.45) is 0 Å². The fourth-order valence-corrected chi connectivity index (χ4v) is 2.19. The van der Waals surface area contributed by atoms with Crippen LogP contribution < -0.4 is 10.2 Å². The summed E-state index contributed by atoms with van der Waals surface area (Å²) in [5.41, 5.74) is 1.09. The molecule has 1 aliphatic rings. The van der Waals surface area contributed by atoms with Gasteiger partial charge in [-0.15, -0.1) is 0 Å². The monoisotopic (exact) mass is 266 g/mol. The average molecular weight is 267 g/mol. The first-order chi connectivity index (χ1) is 8.65. The quantitative estimate of drug-likeness (QED) is 0.654. The van der Waals surface area contributed by atoms with E-state index in [9.17, 15) is 9.59 Å². The number of hydrogen-bond donors (Lipinski definition) is 1. The van der Waals surface area contributed by atoms with Gasteiger partial charge < -0.3 is 10.2 Å². The molecule has 5 heteroatoms. The van der Waals surface area contributed by atoms with Crippen LogP contribution in [-0.2, 0) is 4.79 Å². The van der Waals surface area contributed by atoms with Crippen LogP contribution in [0.5, 0.6) is 0 Å². The normalized spacial score (nSPS) is 14.2. The molecule has 0 bridgehead atoms. The van der Waals surface area contributed by atoms with Crippen LogP contribution >= 0.6 is 11.6 Å². The fraction of sp³-hybridized carbons (Fsp3) is 0.385. The number of benzene rings is 1. The van der Waals surface area contributed by atoms with Crippen molar-refractivity contribution in [2.75, 3.05) is 24.5 Å². The van der Waals surface area contributed by atoms with Gasteiger partial charge in [0.15, 0.2) is 0 Å². The Morgan fingerprint density at radius 3 is 2.83 bits per heavy atom. The number of rotatable bonds is 5. The molecule has 0 aromatic heterocycles. The highest BCUT2D eigenvalue weighted by atomic mass is 35.5. The molecule has 1 aromatic carbocycles. The van der Waals surface area contributed by atoms with Crippen LogP contribution in [0.1, 0.15) is 23.7 Å². The number of nitrogens with zero attached hydrogens (tertiary/aromatic N) is 1. The number of Topliss-reactive ketones (excluding diaryl/α,β-unsaturated/α-hetero) is 1. The molecule has 0 unspecified atom stereocenters. The molecule has 96 valence electrons. The standard InChI is InChI=1S/C13H15ClN2O2/c1-2-15-6-3-7-16-11-8-9(14)4-5-10(11)12(17)13(16)18/h4-5,8,15H,2-3,6-7H2,1H3. The van der Waals surface area contributed by atoms with Crippen molar-refractivity contribution in [1.82, 2.24) is 5.32 Å². The van der Waals surface area contributed by atoms with Gasteiger partial charge in [0.1, 0.15) is 0 Å². The first-order valence-electron chi connectivity index (χ1n) is 6.01. The SMILES string of the molecule is CCNCCCN1C(=O)C(=O)c2ccc(Cl)cc21. The Morgan fingerprint density at radius 1 is 1.33 bits per heavy atom. The van der Waals surface area contributed by atoms with Gasteiger partial charge in [-0.2, -0.15) is 0 Å². The Kier molecular flexibility index (Phi) is 3.99. The number of nitrogens with one attached hydrogen (secondary N) is 1. The molecule has 1 N–H and O–H groups in total. The fourth-order valence-electron chi connectivity index (χ4n) is 2.03. The highest BCUT2D eigenvalue weighted by Gasteiger charge is 2.35. The minimum atomic E-state index is -0.455. The number of carbonyl (C=O) groups is 2. The van der Waals surface area contributed by atoms with Gasteiger partial charge in [0.25, 0.3) is 11.7 Å². The summed E-state index contributed by atoms with van der Waals surface area (Å²) in [6.07, 6.45) is 0.804. The third kappa shape index (κ3) is 2.40. The van der Waals surface area contributed by atoms with Crippen LogP contribution in [0.2, 0.25) is 5.02 Å². The van der Waals surface area contributed by atoms with Crippen molar-refractivity contribution in [3.05, 3.63) is 28.8 Å². The molecular weight excluding hydrogens is 252 g/mol. The molecule has 0 saturated carbocycles. The van der Waals surface area contributed by atoms with Gasteiger partial charge in [0.2, 0.25) is 0 Å². The van der Waals surface area contributed by atoms with Crippen molar-refractivity contribution in [3.8, 4) is 0 Å². The van der Waals surface area contributed by atoms with E-state index < -0.39 is 11.7 Å². The van der Waals surface area contributed by atoms with Crippen molar-refractivity contribution in [3.63, 3.8) is 0 Å². The zero-order valence-corrected chi connectivity index (χ0v) is 11.0. The van der Waals surface area contributed by atoms with Crippen LogP contribution in [0.4, 0.5) is 5.69 Å². The van der Waals surface area contributed by atoms with Gasteiger partial charge >= 0.3 is 0 Å². The maximum Gasteiger partial charge on any atom is 0.299 e. The topological polar surface area (TPSA) is 49.4 Å². The van der Waals surface area contributed by atoms with Crippen LogP contribution in [-0.4, -0.2) is 31.3 Å². The Labute approximate surface area is 111 Å². The highest BCUT2D eigenvalue weighted by Crippen LogP contribution is 2.31. The van der Waals surface area contributed by atoms with Gasteiger partial charge in [-0.25, -0.2) is 0 Å². The van der Waals surface area contributed by atoms with E-state index in [1.165, 1.54) is 4.90 Å². The zero-order valence-electron chi connectivity index (χ0n) is 10.2. The second-order valence-corrected chi connectivity index (χ2v) is 4.59. The second-order valence-electron chi connectivity index (χ2n) is 4.15. The van der Waals surface area contributed by atoms with Crippen molar-refractivity contribution in [1.29, 1.82) is 0 Å². The summed E-state index contributed by atoms with van der Waals surface area (Å²) < 4.78 is 0. The second kappa shape index (κ2) is 5.50. The number of anilines is 1. The summed E-state index contributed by atoms with van der Waals surface area (Å²) in [7, 11) is 0. The highest BCUT2D eigenvalue weighted by molar-refractivity contribution is 6.52. The number of carbonyl (C=O) groups excluding carboxylic acids is 2. The molecule has 18 heavy (non-hydrogen) atoms. The molecule has 1 aromatic rings. The Bertz CT molecular complexity index is 488. The number of ketones is 1. The van der Waals surface area contributed by atoms with E-state index in [0.717, 1.165) is 19.5 Å². The maximum atomic E-state index is 11.9. The third-order valence-corrected chi connectivity index (χ3v) is 3.15. The number of halogens is 1. The summed E-state index contributed by atoms with van der Waals surface area (Å²) in [6, 6.07) is 4.92. The summed E-state index contributed by atoms with van der Waals surface area (Å²) >= 11 is 5.91. The predicted molar refractivity (Wildman–Crippen MR) is 71.3 cm³/mol. The minimum Gasteiger partial charge on any atom is -0.317 e. The predicted octanol–water partition coefficient (Wildman–Crippen LogP) is 1.87. The van der Waals surface area contributed by atoms with E-state index in [1.54, 1.807) is 18.2 Å². The van der Waals surface area contributed by atoms with E-state index in [1.807, 2.05) is 6.92 Å². The van der Waals surface area contributed by atoms with Crippen LogP contribution in [0.25, 0.3) is 0 Å². The van der Waals surface area contributed by atoms with Crippen LogP contribution in [0.15, 0.2) is 18.2 Å². The van der Waals surface area contributed by atoms with Crippen LogP contribution in [0, 0.1) is 0 Å². The summed E-state index contributed by atoms with van der Waals surface area (Å²) in [5.74, 6) is -0.895. The van der Waals surface area contributed by atoms with Gasteiger partial charge in [-0.3, -0.25) is 9.59 Å². The Hall–Kier alpha value is -1.39.